The van der Waals surface area contributed by atoms with Crippen molar-refractivity contribution in [3.05, 3.63) is 34.6 Å². The van der Waals surface area contributed by atoms with Gasteiger partial charge in [0.1, 0.15) is 0 Å². The van der Waals surface area contributed by atoms with Crippen LogP contribution in [-0.4, -0.2) is 26.0 Å². The summed E-state index contributed by atoms with van der Waals surface area (Å²) in [6.45, 7) is 10.0. The molecule has 2 rings (SSSR count). The van der Waals surface area contributed by atoms with Gasteiger partial charge < -0.3 is 11.2 Å². The first-order chi connectivity index (χ1) is 11.8. The summed E-state index contributed by atoms with van der Waals surface area (Å²) in [5, 5.41) is 11.5. The van der Waals surface area contributed by atoms with Gasteiger partial charge in [-0.2, -0.15) is 0 Å². The standard InChI is InChI=1S/C18H27N5OS/c1-6-7-8-15-21-22-18(23(15)19)25-14(5)17(24)20-16-12(3)9-11(2)10-13(16)4/h9-10,14H,6-8,19H2,1-5H3,(H,20,24)/t14-/m1/s1. The molecule has 0 aliphatic carbocycles. The first-order valence-corrected chi connectivity index (χ1v) is 9.46. The third-order valence-corrected chi connectivity index (χ3v) is 5.12. The minimum absolute atomic E-state index is 0.0711. The van der Waals surface area contributed by atoms with E-state index >= 15 is 0 Å². The summed E-state index contributed by atoms with van der Waals surface area (Å²) in [5.74, 6) is 6.73. The Morgan fingerprint density at radius 1 is 1.28 bits per heavy atom. The van der Waals surface area contributed by atoms with Crippen LogP contribution in [0.15, 0.2) is 17.3 Å². The van der Waals surface area contributed by atoms with E-state index in [1.54, 1.807) is 0 Å². The van der Waals surface area contributed by atoms with E-state index in [9.17, 15) is 4.79 Å². The Labute approximate surface area is 153 Å². The molecule has 0 saturated heterocycles. The van der Waals surface area contributed by atoms with Gasteiger partial charge in [0.2, 0.25) is 11.1 Å². The van der Waals surface area contributed by atoms with Gasteiger partial charge in [-0.3, -0.25) is 4.79 Å². The van der Waals surface area contributed by atoms with Gasteiger partial charge in [-0.25, -0.2) is 4.68 Å². The van der Waals surface area contributed by atoms with Crippen LogP contribution in [0.1, 0.15) is 49.2 Å². The van der Waals surface area contributed by atoms with Crippen LogP contribution in [0.3, 0.4) is 0 Å². The maximum absolute atomic E-state index is 12.6. The minimum Gasteiger partial charge on any atom is -0.336 e. The Bertz CT molecular complexity index is 733. The second-order valence-corrected chi connectivity index (χ2v) is 7.70. The summed E-state index contributed by atoms with van der Waals surface area (Å²) in [4.78, 5) is 12.6. The maximum Gasteiger partial charge on any atom is 0.237 e. The molecule has 0 saturated carbocycles. The van der Waals surface area contributed by atoms with E-state index in [2.05, 4.69) is 34.6 Å². The minimum atomic E-state index is -0.328. The number of carbonyl (C=O) groups excluding carboxylic acids is 1. The lowest BCUT2D eigenvalue weighted by Gasteiger charge is -2.16. The summed E-state index contributed by atoms with van der Waals surface area (Å²) in [5.41, 5.74) is 4.19. The molecule has 0 spiro atoms. The van der Waals surface area contributed by atoms with Crippen molar-refractivity contribution >= 4 is 23.4 Å². The zero-order valence-corrected chi connectivity index (χ0v) is 16.4. The van der Waals surface area contributed by atoms with Gasteiger partial charge >= 0.3 is 0 Å². The van der Waals surface area contributed by atoms with Gasteiger partial charge in [0, 0.05) is 12.1 Å². The lowest BCUT2D eigenvalue weighted by molar-refractivity contribution is -0.115. The number of nitrogens with one attached hydrogen (secondary N) is 1. The Hall–Kier alpha value is -2.02. The molecule has 1 atom stereocenters. The molecule has 1 amide bonds. The largest absolute Gasteiger partial charge is 0.336 e. The Kier molecular flexibility index (Phi) is 6.47. The molecule has 1 heterocycles. The Morgan fingerprint density at radius 2 is 1.92 bits per heavy atom. The van der Waals surface area contributed by atoms with Crippen LogP contribution in [0.25, 0.3) is 0 Å². The average molecular weight is 362 g/mol. The molecule has 1 aromatic heterocycles. The number of anilines is 1. The third kappa shape index (κ3) is 4.75. The van der Waals surface area contributed by atoms with Gasteiger partial charge in [-0.15, -0.1) is 10.2 Å². The van der Waals surface area contributed by atoms with Gasteiger partial charge in [-0.1, -0.05) is 42.8 Å². The van der Waals surface area contributed by atoms with Crippen LogP contribution >= 0.6 is 11.8 Å². The zero-order valence-electron chi connectivity index (χ0n) is 15.6. The Balaban J connectivity index is 2.05. The van der Waals surface area contributed by atoms with E-state index in [0.717, 1.165) is 41.9 Å². The van der Waals surface area contributed by atoms with Crippen LogP contribution in [0.5, 0.6) is 0 Å². The monoisotopic (exact) mass is 361 g/mol. The fourth-order valence-corrected chi connectivity index (χ4v) is 3.50. The van der Waals surface area contributed by atoms with Gasteiger partial charge in [0.15, 0.2) is 5.82 Å². The molecule has 0 radical (unpaired) electrons. The number of aromatic nitrogens is 3. The Morgan fingerprint density at radius 3 is 2.52 bits per heavy atom. The van der Waals surface area contributed by atoms with Crippen LogP contribution in [0, 0.1) is 20.8 Å². The van der Waals surface area contributed by atoms with Gasteiger partial charge in [-0.05, 0) is 45.2 Å². The molecule has 1 aromatic carbocycles. The average Bonchev–Trinajstić information content (AvgIpc) is 2.88. The smallest absolute Gasteiger partial charge is 0.237 e. The number of benzene rings is 1. The topological polar surface area (TPSA) is 85.8 Å². The summed E-state index contributed by atoms with van der Waals surface area (Å²) in [6, 6.07) is 4.13. The van der Waals surface area contributed by atoms with Crippen molar-refractivity contribution < 1.29 is 4.79 Å². The maximum atomic E-state index is 12.6. The number of rotatable bonds is 7. The van der Waals surface area contributed by atoms with Crippen LogP contribution < -0.4 is 11.2 Å². The highest BCUT2D eigenvalue weighted by Gasteiger charge is 2.20. The quantitative estimate of drug-likeness (QED) is 0.583. The molecule has 0 unspecified atom stereocenters. The fraction of sp³-hybridized carbons (Fsp3) is 0.500. The zero-order chi connectivity index (χ0) is 18.6. The van der Waals surface area contributed by atoms with Crippen LogP contribution in [0.2, 0.25) is 0 Å². The predicted octanol–water partition coefficient (Wildman–Crippen LogP) is 3.38. The lowest BCUT2D eigenvalue weighted by atomic mass is 10.1. The SMILES string of the molecule is CCCCc1nnc(S[C@H](C)C(=O)Nc2c(C)cc(C)cc2C)n1N. The lowest BCUT2D eigenvalue weighted by Crippen LogP contribution is -2.24. The van der Waals surface area contributed by atoms with E-state index in [1.165, 1.54) is 22.0 Å². The highest BCUT2D eigenvalue weighted by molar-refractivity contribution is 8.00. The highest BCUT2D eigenvalue weighted by atomic mass is 32.2. The van der Waals surface area contributed by atoms with E-state index in [1.807, 2.05) is 27.7 Å². The van der Waals surface area contributed by atoms with Crippen molar-refractivity contribution in [3.8, 4) is 0 Å². The van der Waals surface area contributed by atoms with Crippen molar-refractivity contribution in [3.63, 3.8) is 0 Å². The molecular formula is C18H27N5OS. The van der Waals surface area contributed by atoms with E-state index in [-0.39, 0.29) is 11.2 Å². The number of thioether (sulfide) groups is 1. The van der Waals surface area contributed by atoms with Crippen molar-refractivity contribution in [2.24, 2.45) is 0 Å². The molecule has 2 aromatic rings. The molecule has 25 heavy (non-hydrogen) atoms. The number of aryl methyl sites for hydroxylation is 4. The predicted molar refractivity (Wildman–Crippen MR) is 103 cm³/mol. The highest BCUT2D eigenvalue weighted by Crippen LogP contribution is 2.25. The second kappa shape index (κ2) is 8.38. The summed E-state index contributed by atoms with van der Waals surface area (Å²) >= 11 is 1.32. The molecule has 7 heteroatoms. The molecule has 136 valence electrons. The molecular weight excluding hydrogens is 334 g/mol. The summed E-state index contributed by atoms with van der Waals surface area (Å²) < 4.78 is 1.49. The number of nitrogens with two attached hydrogens (primary N) is 1. The number of carbonyl (C=O) groups is 1. The number of hydrogen-bond acceptors (Lipinski definition) is 5. The first-order valence-electron chi connectivity index (χ1n) is 8.58. The molecule has 0 aliphatic heterocycles. The van der Waals surface area contributed by atoms with Crippen molar-refractivity contribution in [2.75, 3.05) is 11.2 Å². The third-order valence-electron chi connectivity index (χ3n) is 4.07. The van der Waals surface area contributed by atoms with E-state index in [0.29, 0.717) is 5.16 Å². The normalized spacial score (nSPS) is 12.2. The number of hydrogen-bond donors (Lipinski definition) is 2. The van der Waals surface area contributed by atoms with Crippen molar-refractivity contribution in [2.45, 2.75) is 64.3 Å². The first kappa shape index (κ1) is 19.3. The fourth-order valence-electron chi connectivity index (χ4n) is 2.71. The summed E-state index contributed by atoms with van der Waals surface area (Å²) in [6.07, 6.45) is 2.88. The van der Waals surface area contributed by atoms with Gasteiger partial charge in [0.05, 0.1) is 5.25 Å². The molecule has 0 bridgehead atoms. The van der Waals surface area contributed by atoms with E-state index in [4.69, 9.17) is 5.84 Å². The number of unbranched alkanes of at least 4 members (excludes halogenated alkanes) is 1. The molecule has 0 aliphatic rings. The molecule has 3 N–H and O–H groups in total. The van der Waals surface area contributed by atoms with Crippen LogP contribution in [-0.2, 0) is 11.2 Å². The number of nitrogens with zero attached hydrogens (tertiary/aromatic N) is 3. The molecule has 0 fully saturated rings. The number of nitrogen functional groups attached to an aromatic ring is 1. The van der Waals surface area contributed by atoms with Gasteiger partial charge in [0.25, 0.3) is 0 Å². The number of amides is 1. The summed E-state index contributed by atoms with van der Waals surface area (Å²) in [7, 11) is 0. The van der Waals surface area contributed by atoms with Crippen molar-refractivity contribution in [1.82, 2.24) is 14.9 Å². The second-order valence-electron chi connectivity index (χ2n) is 6.40. The van der Waals surface area contributed by atoms with Crippen LogP contribution in [0.4, 0.5) is 5.69 Å². The van der Waals surface area contributed by atoms with E-state index < -0.39 is 0 Å². The van der Waals surface area contributed by atoms with Crippen molar-refractivity contribution in [1.29, 1.82) is 0 Å². The molecule has 6 nitrogen and oxygen atoms in total.